The van der Waals surface area contributed by atoms with Crippen molar-refractivity contribution in [2.24, 2.45) is 4.99 Å². The van der Waals surface area contributed by atoms with Gasteiger partial charge in [-0.05, 0) is 18.6 Å². The first-order valence-electron chi connectivity index (χ1n) is 6.82. The van der Waals surface area contributed by atoms with Crippen molar-refractivity contribution in [2.45, 2.75) is 12.8 Å². The molecule has 0 amide bonds. The van der Waals surface area contributed by atoms with Gasteiger partial charge in [-0.1, -0.05) is 18.2 Å². The Bertz CT molecular complexity index is 558. The zero-order valence-electron chi connectivity index (χ0n) is 12.2. The van der Waals surface area contributed by atoms with Gasteiger partial charge < -0.3 is 15.6 Å². The van der Waals surface area contributed by atoms with E-state index in [2.05, 4.69) is 32.2 Å². The van der Waals surface area contributed by atoms with E-state index in [1.165, 1.54) is 0 Å². The first-order valence-corrected chi connectivity index (χ1v) is 6.82. The summed E-state index contributed by atoms with van der Waals surface area (Å²) in [4.78, 5) is 12.0. The van der Waals surface area contributed by atoms with Crippen LogP contribution >= 0.6 is 24.0 Å². The third-order valence-electron chi connectivity index (χ3n) is 2.96. The number of aromatic nitrogens is 2. The lowest BCUT2D eigenvalue weighted by Crippen LogP contribution is -2.37. The highest BCUT2D eigenvalue weighted by atomic mass is 127. The van der Waals surface area contributed by atoms with Crippen molar-refractivity contribution >= 4 is 41.0 Å². The Balaban J connectivity index is 0.00000220. The van der Waals surface area contributed by atoms with Crippen LogP contribution in [0.15, 0.2) is 41.9 Å². The molecule has 0 atom stereocenters. The minimum Gasteiger partial charge on any atom is -0.356 e. The molecule has 5 nitrogen and oxygen atoms in total. The van der Waals surface area contributed by atoms with Crippen molar-refractivity contribution in [3.05, 3.63) is 42.7 Å². The molecular weight excluding hydrogens is 377 g/mol. The molecule has 0 spiro atoms. The van der Waals surface area contributed by atoms with E-state index < -0.39 is 0 Å². The van der Waals surface area contributed by atoms with E-state index in [9.17, 15) is 0 Å². The first kappa shape index (κ1) is 17.5. The van der Waals surface area contributed by atoms with Gasteiger partial charge >= 0.3 is 0 Å². The van der Waals surface area contributed by atoms with E-state index in [-0.39, 0.29) is 24.0 Å². The summed E-state index contributed by atoms with van der Waals surface area (Å²) in [5.74, 6) is 1.83. The Hall–Kier alpha value is -1.57. The SMILES string of the molecule is C=CCNC(=NC)NCCCc1nc2ccccc2[nH]1.I. The standard InChI is InChI=1S/C15H21N5.HI/c1-3-10-17-15(16-2)18-11-6-9-14-19-12-7-4-5-8-13(12)20-14;/h3-5,7-8H,1,6,9-11H2,2H3,(H,19,20)(H2,16,17,18);1H. The Labute approximate surface area is 142 Å². The average Bonchev–Trinajstić information content (AvgIpc) is 2.89. The van der Waals surface area contributed by atoms with E-state index in [1.54, 1.807) is 13.1 Å². The molecule has 6 heteroatoms. The van der Waals surface area contributed by atoms with Gasteiger partial charge in [-0.25, -0.2) is 4.98 Å². The summed E-state index contributed by atoms with van der Waals surface area (Å²) in [6.07, 6.45) is 3.72. The van der Waals surface area contributed by atoms with Gasteiger partial charge in [0.1, 0.15) is 5.82 Å². The summed E-state index contributed by atoms with van der Waals surface area (Å²) in [5, 5.41) is 6.39. The fraction of sp³-hybridized carbons (Fsp3) is 0.333. The Morgan fingerprint density at radius 2 is 2.19 bits per heavy atom. The average molecular weight is 399 g/mol. The van der Waals surface area contributed by atoms with Crippen molar-refractivity contribution in [3.8, 4) is 0 Å². The van der Waals surface area contributed by atoms with E-state index in [0.717, 1.165) is 42.2 Å². The van der Waals surface area contributed by atoms with Crippen molar-refractivity contribution in [2.75, 3.05) is 20.1 Å². The number of rotatable bonds is 6. The molecule has 0 saturated heterocycles. The Morgan fingerprint density at radius 1 is 1.38 bits per heavy atom. The van der Waals surface area contributed by atoms with Gasteiger partial charge in [-0.15, -0.1) is 30.6 Å². The highest BCUT2D eigenvalue weighted by Gasteiger charge is 2.01. The highest BCUT2D eigenvalue weighted by Crippen LogP contribution is 2.10. The van der Waals surface area contributed by atoms with Crippen molar-refractivity contribution in [1.82, 2.24) is 20.6 Å². The minimum atomic E-state index is 0. The normalized spacial score (nSPS) is 11.0. The fourth-order valence-corrected chi connectivity index (χ4v) is 1.98. The molecule has 0 saturated carbocycles. The zero-order chi connectivity index (χ0) is 14.2. The molecule has 3 N–H and O–H groups in total. The Kier molecular flexibility index (Phi) is 7.81. The summed E-state index contributed by atoms with van der Waals surface area (Å²) in [6.45, 7) is 5.23. The molecule has 2 rings (SSSR count). The van der Waals surface area contributed by atoms with E-state index in [1.807, 2.05) is 24.3 Å². The number of fused-ring (bicyclic) bond motifs is 1. The van der Waals surface area contributed by atoms with Crippen molar-refractivity contribution in [3.63, 3.8) is 0 Å². The van der Waals surface area contributed by atoms with E-state index in [0.29, 0.717) is 6.54 Å². The molecule has 114 valence electrons. The predicted molar refractivity (Wildman–Crippen MR) is 99.4 cm³/mol. The van der Waals surface area contributed by atoms with Crippen LogP contribution in [0.3, 0.4) is 0 Å². The molecule has 0 unspecified atom stereocenters. The Morgan fingerprint density at radius 3 is 2.90 bits per heavy atom. The van der Waals surface area contributed by atoms with Gasteiger partial charge in [-0.3, -0.25) is 4.99 Å². The number of nitrogens with one attached hydrogen (secondary N) is 3. The molecule has 0 aliphatic heterocycles. The number of hydrogen-bond acceptors (Lipinski definition) is 2. The van der Waals surface area contributed by atoms with Crippen molar-refractivity contribution < 1.29 is 0 Å². The number of benzene rings is 1. The highest BCUT2D eigenvalue weighted by molar-refractivity contribution is 14.0. The molecule has 1 heterocycles. The number of aliphatic imine (C=N–C) groups is 1. The molecule has 0 aliphatic rings. The molecule has 1 aromatic carbocycles. The maximum absolute atomic E-state index is 4.56. The molecule has 2 aromatic rings. The maximum Gasteiger partial charge on any atom is 0.191 e. The van der Waals surface area contributed by atoms with Crippen LogP contribution in [-0.4, -0.2) is 36.1 Å². The van der Waals surface area contributed by atoms with Crippen molar-refractivity contribution in [1.29, 1.82) is 0 Å². The number of aromatic amines is 1. The molecule has 21 heavy (non-hydrogen) atoms. The monoisotopic (exact) mass is 399 g/mol. The second-order valence-corrected chi connectivity index (χ2v) is 4.47. The van der Waals surface area contributed by atoms with Crippen LogP contribution in [0.1, 0.15) is 12.2 Å². The summed E-state index contributed by atoms with van der Waals surface area (Å²) in [6, 6.07) is 8.09. The number of halogens is 1. The number of aryl methyl sites for hydroxylation is 1. The number of guanidine groups is 1. The number of para-hydroxylation sites is 2. The van der Waals surface area contributed by atoms with Gasteiger partial charge in [0.05, 0.1) is 11.0 Å². The molecule has 1 aromatic heterocycles. The van der Waals surface area contributed by atoms with E-state index in [4.69, 9.17) is 0 Å². The lowest BCUT2D eigenvalue weighted by molar-refractivity contribution is 0.734. The largest absolute Gasteiger partial charge is 0.356 e. The molecule has 0 aliphatic carbocycles. The van der Waals surface area contributed by atoms with Gasteiger partial charge in [-0.2, -0.15) is 0 Å². The molecular formula is C15H22IN5. The van der Waals surface area contributed by atoms with Crippen LogP contribution in [0, 0.1) is 0 Å². The summed E-state index contributed by atoms with van der Waals surface area (Å²) < 4.78 is 0. The first-order chi connectivity index (χ1) is 9.83. The molecule has 0 radical (unpaired) electrons. The smallest absolute Gasteiger partial charge is 0.191 e. The third kappa shape index (κ3) is 5.37. The van der Waals surface area contributed by atoms with Gasteiger partial charge in [0.25, 0.3) is 0 Å². The topological polar surface area (TPSA) is 65.1 Å². The number of hydrogen-bond donors (Lipinski definition) is 3. The summed E-state index contributed by atoms with van der Waals surface area (Å²) in [7, 11) is 1.76. The number of H-pyrrole nitrogens is 1. The summed E-state index contributed by atoms with van der Waals surface area (Å²) in [5.41, 5.74) is 2.12. The lowest BCUT2D eigenvalue weighted by atomic mass is 10.3. The van der Waals surface area contributed by atoms with E-state index >= 15 is 0 Å². The zero-order valence-corrected chi connectivity index (χ0v) is 14.6. The third-order valence-corrected chi connectivity index (χ3v) is 2.96. The van der Waals surface area contributed by atoms with Gasteiger partial charge in [0.15, 0.2) is 5.96 Å². The molecule has 0 fully saturated rings. The van der Waals surface area contributed by atoms with Crippen LogP contribution < -0.4 is 10.6 Å². The van der Waals surface area contributed by atoms with Crippen LogP contribution in [0.5, 0.6) is 0 Å². The minimum absolute atomic E-state index is 0. The number of nitrogens with zero attached hydrogens (tertiary/aromatic N) is 2. The molecule has 0 bridgehead atoms. The quantitative estimate of drug-likeness (QED) is 0.230. The maximum atomic E-state index is 4.56. The number of imidazole rings is 1. The fourth-order valence-electron chi connectivity index (χ4n) is 1.98. The second-order valence-electron chi connectivity index (χ2n) is 4.47. The van der Waals surface area contributed by atoms with Crippen LogP contribution in [0.2, 0.25) is 0 Å². The van der Waals surface area contributed by atoms with Crippen LogP contribution in [0.25, 0.3) is 11.0 Å². The predicted octanol–water partition coefficient (Wildman–Crippen LogP) is 2.46. The second kappa shape index (κ2) is 9.38. The van der Waals surface area contributed by atoms with Gasteiger partial charge in [0.2, 0.25) is 0 Å². The summed E-state index contributed by atoms with van der Waals surface area (Å²) >= 11 is 0. The lowest BCUT2D eigenvalue weighted by Gasteiger charge is -2.09. The van der Waals surface area contributed by atoms with Crippen LogP contribution in [0.4, 0.5) is 0 Å². The van der Waals surface area contributed by atoms with Crippen LogP contribution in [-0.2, 0) is 6.42 Å². The van der Waals surface area contributed by atoms with Gasteiger partial charge in [0, 0.05) is 26.6 Å².